The molecule has 14 heavy (non-hydrogen) atoms. The molecular weight excluding hydrogens is 178 g/mol. The van der Waals surface area contributed by atoms with E-state index >= 15 is 0 Å². The molecule has 86 valence electrons. The lowest BCUT2D eigenvalue weighted by atomic mass is 10.1. The van der Waals surface area contributed by atoms with Crippen LogP contribution in [0, 0.1) is 0 Å². The highest BCUT2D eigenvalue weighted by atomic mass is 16.5. The molecule has 0 radical (unpaired) electrons. The Morgan fingerprint density at radius 2 is 2.07 bits per heavy atom. The van der Waals surface area contributed by atoms with Gasteiger partial charge in [-0.1, -0.05) is 20.3 Å². The van der Waals surface area contributed by atoms with Crippen molar-refractivity contribution >= 4 is 0 Å². The Morgan fingerprint density at radius 3 is 2.64 bits per heavy atom. The molecule has 0 saturated heterocycles. The van der Waals surface area contributed by atoms with E-state index in [9.17, 15) is 0 Å². The van der Waals surface area contributed by atoms with E-state index in [0.29, 0.717) is 6.04 Å². The van der Waals surface area contributed by atoms with Crippen molar-refractivity contribution in [1.29, 1.82) is 0 Å². The molecule has 1 unspecified atom stereocenters. The molecule has 0 aliphatic carbocycles. The van der Waals surface area contributed by atoms with Gasteiger partial charge in [0.1, 0.15) is 0 Å². The smallest absolute Gasteiger partial charge is 0.0591 e. The number of ether oxygens (including phenoxy) is 1. The summed E-state index contributed by atoms with van der Waals surface area (Å²) in [6, 6.07) is 0.440. The molecule has 0 aliphatic rings. The molecule has 3 nitrogen and oxygen atoms in total. The van der Waals surface area contributed by atoms with Gasteiger partial charge in [0.15, 0.2) is 0 Å². The standard InChI is InChI=1S/C11H25NO2/c1-3-5-9-14-10-7-12-11(4-2)6-8-13/h11-13H,3-10H2,1-2H3. The minimum Gasteiger partial charge on any atom is -0.396 e. The van der Waals surface area contributed by atoms with Crippen molar-refractivity contribution in [3.05, 3.63) is 0 Å². The van der Waals surface area contributed by atoms with E-state index in [1.807, 2.05) is 0 Å². The zero-order chi connectivity index (χ0) is 10.6. The number of aliphatic hydroxyl groups is 1. The van der Waals surface area contributed by atoms with Gasteiger partial charge in [-0.3, -0.25) is 0 Å². The first-order valence-corrected chi connectivity index (χ1v) is 5.77. The fraction of sp³-hybridized carbons (Fsp3) is 1.00. The molecule has 0 saturated carbocycles. The Bertz CT molecular complexity index is 109. The van der Waals surface area contributed by atoms with E-state index in [-0.39, 0.29) is 6.61 Å². The second kappa shape index (κ2) is 11.0. The minimum absolute atomic E-state index is 0.266. The van der Waals surface area contributed by atoms with E-state index in [2.05, 4.69) is 19.2 Å². The van der Waals surface area contributed by atoms with Crippen LogP contribution in [0.1, 0.15) is 39.5 Å². The molecule has 1 atom stereocenters. The summed E-state index contributed by atoms with van der Waals surface area (Å²) in [5.41, 5.74) is 0. The van der Waals surface area contributed by atoms with Crippen LogP contribution in [0.5, 0.6) is 0 Å². The monoisotopic (exact) mass is 203 g/mol. The predicted molar refractivity (Wildman–Crippen MR) is 59.5 cm³/mol. The van der Waals surface area contributed by atoms with E-state index < -0.39 is 0 Å². The van der Waals surface area contributed by atoms with Crippen LogP contribution in [0.25, 0.3) is 0 Å². The zero-order valence-electron chi connectivity index (χ0n) is 9.59. The molecule has 0 spiro atoms. The SMILES string of the molecule is CCCCOCCNC(CC)CCO. The number of unbranched alkanes of at least 4 members (excludes halogenated alkanes) is 1. The van der Waals surface area contributed by atoms with Gasteiger partial charge in [0, 0.05) is 25.8 Å². The lowest BCUT2D eigenvalue weighted by Gasteiger charge is -2.15. The molecule has 0 heterocycles. The quantitative estimate of drug-likeness (QED) is 0.529. The van der Waals surface area contributed by atoms with E-state index in [1.54, 1.807) is 0 Å². The van der Waals surface area contributed by atoms with Crippen LogP contribution < -0.4 is 5.32 Å². The third-order valence-corrected chi connectivity index (χ3v) is 2.29. The Kier molecular flexibility index (Phi) is 10.9. The Balaban J connectivity index is 3.15. The van der Waals surface area contributed by atoms with Crippen LogP contribution in [0.4, 0.5) is 0 Å². The van der Waals surface area contributed by atoms with Gasteiger partial charge >= 0.3 is 0 Å². The van der Waals surface area contributed by atoms with Crippen molar-refractivity contribution in [3.63, 3.8) is 0 Å². The van der Waals surface area contributed by atoms with Gasteiger partial charge in [0.05, 0.1) is 6.61 Å². The first-order chi connectivity index (χ1) is 6.85. The molecule has 0 rings (SSSR count). The largest absolute Gasteiger partial charge is 0.396 e. The average Bonchev–Trinajstić information content (AvgIpc) is 2.21. The molecule has 0 aromatic rings. The lowest BCUT2D eigenvalue weighted by molar-refractivity contribution is 0.129. The number of hydrogen-bond acceptors (Lipinski definition) is 3. The van der Waals surface area contributed by atoms with E-state index in [1.165, 1.54) is 6.42 Å². The van der Waals surface area contributed by atoms with Crippen LogP contribution in [0.3, 0.4) is 0 Å². The third kappa shape index (κ3) is 8.48. The maximum atomic E-state index is 8.77. The van der Waals surface area contributed by atoms with Gasteiger partial charge in [-0.2, -0.15) is 0 Å². The summed E-state index contributed by atoms with van der Waals surface area (Å²) in [7, 11) is 0. The number of nitrogens with one attached hydrogen (secondary N) is 1. The van der Waals surface area contributed by atoms with Gasteiger partial charge in [-0.15, -0.1) is 0 Å². The Labute approximate surface area is 87.8 Å². The molecule has 0 amide bonds. The molecule has 3 heteroatoms. The van der Waals surface area contributed by atoms with Crippen LogP contribution in [-0.2, 0) is 4.74 Å². The highest BCUT2D eigenvalue weighted by molar-refractivity contribution is 4.63. The van der Waals surface area contributed by atoms with Crippen LogP contribution in [-0.4, -0.2) is 37.5 Å². The van der Waals surface area contributed by atoms with Gasteiger partial charge in [0.2, 0.25) is 0 Å². The third-order valence-electron chi connectivity index (χ3n) is 2.29. The number of aliphatic hydroxyl groups excluding tert-OH is 1. The Morgan fingerprint density at radius 1 is 1.29 bits per heavy atom. The zero-order valence-corrected chi connectivity index (χ0v) is 9.59. The first kappa shape index (κ1) is 13.9. The molecule has 2 N–H and O–H groups in total. The van der Waals surface area contributed by atoms with Crippen molar-refractivity contribution in [2.75, 3.05) is 26.4 Å². The van der Waals surface area contributed by atoms with Gasteiger partial charge in [-0.05, 0) is 19.3 Å². The average molecular weight is 203 g/mol. The van der Waals surface area contributed by atoms with Gasteiger partial charge in [0.25, 0.3) is 0 Å². The topological polar surface area (TPSA) is 41.5 Å². The van der Waals surface area contributed by atoms with Gasteiger partial charge in [-0.25, -0.2) is 0 Å². The lowest BCUT2D eigenvalue weighted by Crippen LogP contribution is -2.32. The second-order valence-corrected chi connectivity index (χ2v) is 3.54. The van der Waals surface area contributed by atoms with Crippen LogP contribution >= 0.6 is 0 Å². The summed E-state index contributed by atoms with van der Waals surface area (Å²) in [4.78, 5) is 0. The molecular formula is C11H25NO2. The fourth-order valence-corrected chi connectivity index (χ4v) is 1.29. The number of rotatable bonds is 10. The molecule has 0 aliphatic heterocycles. The minimum atomic E-state index is 0.266. The molecule has 0 aromatic carbocycles. The summed E-state index contributed by atoms with van der Waals surface area (Å²) in [5.74, 6) is 0. The first-order valence-electron chi connectivity index (χ1n) is 5.77. The van der Waals surface area contributed by atoms with Crippen molar-refractivity contribution in [1.82, 2.24) is 5.32 Å². The number of hydrogen-bond donors (Lipinski definition) is 2. The molecule has 0 aromatic heterocycles. The highest BCUT2D eigenvalue weighted by Crippen LogP contribution is 1.95. The second-order valence-electron chi connectivity index (χ2n) is 3.54. The maximum Gasteiger partial charge on any atom is 0.0591 e. The van der Waals surface area contributed by atoms with Crippen molar-refractivity contribution < 1.29 is 9.84 Å². The summed E-state index contributed by atoms with van der Waals surface area (Å²) in [6.45, 7) is 7.10. The van der Waals surface area contributed by atoms with Crippen LogP contribution in [0.2, 0.25) is 0 Å². The van der Waals surface area contributed by atoms with Crippen LogP contribution in [0.15, 0.2) is 0 Å². The highest BCUT2D eigenvalue weighted by Gasteiger charge is 2.02. The van der Waals surface area contributed by atoms with Crippen molar-refractivity contribution in [3.8, 4) is 0 Å². The summed E-state index contributed by atoms with van der Waals surface area (Å²) >= 11 is 0. The molecule has 0 fully saturated rings. The summed E-state index contributed by atoms with van der Waals surface area (Å²) in [5, 5.41) is 12.1. The Hall–Kier alpha value is -0.120. The maximum absolute atomic E-state index is 8.77. The van der Waals surface area contributed by atoms with Gasteiger partial charge < -0.3 is 15.2 Å². The summed E-state index contributed by atoms with van der Waals surface area (Å²) in [6.07, 6.45) is 4.24. The molecule has 0 bridgehead atoms. The van der Waals surface area contributed by atoms with Crippen molar-refractivity contribution in [2.24, 2.45) is 0 Å². The fourth-order valence-electron chi connectivity index (χ4n) is 1.29. The summed E-state index contributed by atoms with van der Waals surface area (Å²) < 4.78 is 5.42. The van der Waals surface area contributed by atoms with E-state index in [4.69, 9.17) is 9.84 Å². The van der Waals surface area contributed by atoms with Crippen molar-refractivity contribution in [2.45, 2.75) is 45.6 Å². The van der Waals surface area contributed by atoms with E-state index in [0.717, 1.165) is 39.0 Å². The normalized spacial score (nSPS) is 13.1. The predicted octanol–water partition coefficient (Wildman–Crippen LogP) is 1.55.